The molecular formula is C21H17NO5. The molecule has 0 atom stereocenters. The number of likely N-dealkylation sites (N-methyl/N-ethyl adjacent to an activating group) is 1. The molecule has 4 rings (SSSR count). The highest BCUT2D eigenvalue weighted by Crippen LogP contribution is 2.31. The van der Waals surface area contributed by atoms with E-state index in [2.05, 4.69) is 0 Å². The minimum absolute atomic E-state index is 0.0871. The number of aromatic hydroxyl groups is 1. The van der Waals surface area contributed by atoms with Gasteiger partial charge in [0.1, 0.15) is 28.1 Å². The largest absolute Gasteiger partial charge is 0.507 e. The Morgan fingerprint density at radius 2 is 1.78 bits per heavy atom. The van der Waals surface area contributed by atoms with Gasteiger partial charge in [0.2, 0.25) is 5.43 Å². The van der Waals surface area contributed by atoms with Gasteiger partial charge in [-0.2, -0.15) is 0 Å². The Morgan fingerprint density at radius 3 is 2.48 bits per heavy atom. The average Bonchev–Trinajstić information content (AvgIpc) is 2.64. The molecule has 0 aliphatic heterocycles. The summed E-state index contributed by atoms with van der Waals surface area (Å²) in [5.41, 5.74) is 0.313. The Hall–Kier alpha value is -3.54. The van der Waals surface area contributed by atoms with E-state index in [0.717, 1.165) is 10.8 Å². The van der Waals surface area contributed by atoms with E-state index in [1.165, 1.54) is 17.0 Å². The zero-order valence-electron chi connectivity index (χ0n) is 14.9. The number of benzene rings is 3. The molecule has 1 N–H and O–H groups in total. The summed E-state index contributed by atoms with van der Waals surface area (Å²) < 4.78 is 11.3. The normalized spacial score (nSPS) is 11.2. The van der Waals surface area contributed by atoms with E-state index in [4.69, 9.17) is 9.15 Å². The first kappa shape index (κ1) is 16.9. The molecule has 0 bridgehead atoms. The lowest BCUT2D eigenvalue weighted by Gasteiger charge is -2.12. The van der Waals surface area contributed by atoms with E-state index in [9.17, 15) is 14.7 Å². The molecule has 1 aromatic heterocycles. The van der Waals surface area contributed by atoms with Crippen LogP contribution in [0.4, 0.5) is 0 Å². The molecule has 0 unspecified atom stereocenters. The lowest BCUT2D eigenvalue weighted by Crippen LogP contribution is -2.27. The SMILES string of the molecule is CN(C)C(=O)COc1cc(O)c2c(=O)c3cc4ccccc4cc3oc2c1. The lowest BCUT2D eigenvalue weighted by molar-refractivity contribution is -0.130. The summed E-state index contributed by atoms with van der Waals surface area (Å²) in [7, 11) is 3.25. The first-order valence-electron chi connectivity index (χ1n) is 8.39. The summed E-state index contributed by atoms with van der Waals surface area (Å²) in [6, 6.07) is 14.0. The van der Waals surface area contributed by atoms with Gasteiger partial charge in [-0.3, -0.25) is 9.59 Å². The van der Waals surface area contributed by atoms with Gasteiger partial charge in [0.15, 0.2) is 6.61 Å². The fourth-order valence-corrected chi connectivity index (χ4v) is 2.98. The van der Waals surface area contributed by atoms with Gasteiger partial charge in [-0.05, 0) is 22.9 Å². The smallest absolute Gasteiger partial charge is 0.259 e. The molecule has 0 aliphatic rings. The Kier molecular flexibility index (Phi) is 3.96. The molecule has 0 saturated heterocycles. The molecule has 4 aromatic rings. The average molecular weight is 363 g/mol. The molecule has 0 radical (unpaired) electrons. The molecule has 6 nitrogen and oxygen atoms in total. The highest BCUT2D eigenvalue weighted by atomic mass is 16.5. The third-order valence-corrected chi connectivity index (χ3v) is 4.46. The van der Waals surface area contributed by atoms with Gasteiger partial charge >= 0.3 is 0 Å². The van der Waals surface area contributed by atoms with E-state index >= 15 is 0 Å². The summed E-state index contributed by atoms with van der Waals surface area (Å²) in [6.07, 6.45) is 0. The van der Waals surface area contributed by atoms with Gasteiger partial charge in [-0.25, -0.2) is 0 Å². The maximum absolute atomic E-state index is 12.9. The maximum Gasteiger partial charge on any atom is 0.259 e. The summed E-state index contributed by atoms with van der Waals surface area (Å²) >= 11 is 0. The Morgan fingerprint density at radius 1 is 1.07 bits per heavy atom. The van der Waals surface area contributed by atoms with Crippen molar-refractivity contribution in [2.75, 3.05) is 20.7 Å². The lowest BCUT2D eigenvalue weighted by atomic mass is 10.1. The van der Waals surface area contributed by atoms with Crippen molar-refractivity contribution >= 4 is 38.6 Å². The monoisotopic (exact) mass is 363 g/mol. The predicted octanol–water partition coefficient (Wildman–Crippen LogP) is 3.27. The van der Waals surface area contributed by atoms with Crippen LogP contribution in [0.25, 0.3) is 32.7 Å². The first-order chi connectivity index (χ1) is 12.9. The van der Waals surface area contributed by atoms with Gasteiger partial charge in [0.25, 0.3) is 5.91 Å². The topological polar surface area (TPSA) is 80.0 Å². The zero-order valence-corrected chi connectivity index (χ0v) is 14.9. The summed E-state index contributed by atoms with van der Waals surface area (Å²) in [6.45, 7) is -0.180. The van der Waals surface area contributed by atoms with Crippen molar-refractivity contribution in [1.82, 2.24) is 4.90 Å². The molecule has 0 aliphatic carbocycles. The zero-order chi connectivity index (χ0) is 19.1. The number of amides is 1. The van der Waals surface area contributed by atoms with Crippen LogP contribution in [-0.2, 0) is 4.79 Å². The van der Waals surface area contributed by atoms with Gasteiger partial charge in [0, 0.05) is 26.2 Å². The number of ether oxygens (including phenoxy) is 1. The van der Waals surface area contributed by atoms with E-state index in [1.54, 1.807) is 26.2 Å². The van der Waals surface area contributed by atoms with Crippen molar-refractivity contribution < 1.29 is 19.1 Å². The van der Waals surface area contributed by atoms with Gasteiger partial charge in [-0.1, -0.05) is 24.3 Å². The summed E-state index contributed by atoms with van der Waals surface area (Å²) in [5, 5.41) is 12.7. The van der Waals surface area contributed by atoms with Crippen molar-refractivity contribution in [2.24, 2.45) is 0 Å². The highest BCUT2D eigenvalue weighted by molar-refractivity contribution is 6.00. The quantitative estimate of drug-likeness (QED) is 0.565. The number of hydrogen-bond donors (Lipinski definition) is 1. The molecule has 1 amide bonds. The number of nitrogens with zero attached hydrogens (tertiary/aromatic N) is 1. The molecule has 0 saturated carbocycles. The van der Waals surface area contributed by atoms with Crippen LogP contribution in [0.5, 0.6) is 11.5 Å². The maximum atomic E-state index is 12.9. The van der Waals surface area contributed by atoms with E-state index in [-0.39, 0.29) is 40.4 Å². The fourth-order valence-electron chi connectivity index (χ4n) is 2.98. The number of phenols is 1. The van der Waals surface area contributed by atoms with Gasteiger partial charge < -0.3 is 19.2 Å². The third kappa shape index (κ3) is 2.95. The fraction of sp³-hybridized carbons (Fsp3) is 0.143. The molecule has 136 valence electrons. The number of carbonyl (C=O) groups excluding carboxylic acids is 1. The van der Waals surface area contributed by atoms with E-state index < -0.39 is 0 Å². The molecule has 3 aromatic carbocycles. The number of rotatable bonds is 3. The van der Waals surface area contributed by atoms with Crippen molar-refractivity contribution in [3.8, 4) is 11.5 Å². The molecule has 6 heteroatoms. The van der Waals surface area contributed by atoms with Crippen molar-refractivity contribution in [2.45, 2.75) is 0 Å². The van der Waals surface area contributed by atoms with Crippen LogP contribution in [0, 0.1) is 0 Å². The molecule has 0 spiro atoms. The number of carbonyl (C=O) groups is 1. The Balaban J connectivity index is 1.88. The standard InChI is InChI=1S/C21H17NO5/c1-22(2)19(24)11-26-14-9-16(23)20-18(10-14)27-17-8-13-6-4-3-5-12(13)7-15(17)21(20)25/h3-10,23H,11H2,1-2H3. The van der Waals surface area contributed by atoms with Crippen molar-refractivity contribution in [3.05, 3.63) is 58.8 Å². The minimum Gasteiger partial charge on any atom is -0.507 e. The van der Waals surface area contributed by atoms with Crippen LogP contribution in [0.3, 0.4) is 0 Å². The highest BCUT2D eigenvalue weighted by Gasteiger charge is 2.15. The van der Waals surface area contributed by atoms with Crippen LogP contribution in [0.15, 0.2) is 57.7 Å². The number of fused-ring (bicyclic) bond motifs is 3. The number of hydrogen-bond acceptors (Lipinski definition) is 5. The van der Waals surface area contributed by atoms with Crippen molar-refractivity contribution in [3.63, 3.8) is 0 Å². The Labute approximate surface area is 154 Å². The molecule has 1 heterocycles. The first-order valence-corrected chi connectivity index (χ1v) is 8.39. The van der Waals surface area contributed by atoms with Crippen LogP contribution in [-0.4, -0.2) is 36.6 Å². The van der Waals surface area contributed by atoms with Crippen LogP contribution in [0.1, 0.15) is 0 Å². The second kappa shape index (κ2) is 6.32. The van der Waals surface area contributed by atoms with Gasteiger partial charge in [0.05, 0.1) is 5.39 Å². The second-order valence-corrected chi connectivity index (χ2v) is 6.52. The molecular weight excluding hydrogens is 346 g/mol. The number of phenolic OH excluding ortho intramolecular Hbond substituents is 1. The van der Waals surface area contributed by atoms with E-state index in [1.807, 2.05) is 24.3 Å². The van der Waals surface area contributed by atoms with Crippen LogP contribution < -0.4 is 10.2 Å². The van der Waals surface area contributed by atoms with Crippen LogP contribution in [0.2, 0.25) is 0 Å². The van der Waals surface area contributed by atoms with E-state index in [0.29, 0.717) is 11.0 Å². The van der Waals surface area contributed by atoms with Crippen molar-refractivity contribution in [1.29, 1.82) is 0 Å². The van der Waals surface area contributed by atoms with Gasteiger partial charge in [-0.15, -0.1) is 0 Å². The summed E-state index contributed by atoms with van der Waals surface area (Å²) in [5.74, 6) is -0.219. The third-order valence-electron chi connectivity index (χ3n) is 4.46. The minimum atomic E-state index is -0.314. The molecule has 27 heavy (non-hydrogen) atoms. The second-order valence-electron chi connectivity index (χ2n) is 6.52. The Bertz CT molecular complexity index is 1260. The predicted molar refractivity (Wildman–Crippen MR) is 103 cm³/mol. The summed E-state index contributed by atoms with van der Waals surface area (Å²) in [4.78, 5) is 26.0. The van der Waals surface area contributed by atoms with Crippen LogP contribution >= 0.6 is 0 Å². The molecule has 0 fully saturated rings.